The van der Waals surface area contributed by atoms with E-state index in [4.69, 9.17) is 9.47 Å². The van der Waals surface area contributed by atoms with Crippen molar-refractivity contribution in [1.82, 2.24) is 4.90 Å². The summed E-state index contributed by atoms with van der Waals surface area (Å²) in [6, 6.07) is 7.69. The molecule has 0 fully saturated rings. The van der Waals surface area contributed by atoms with Gasteiger partial charge in [-0.25, -0.2) is 0 Å². The fourth-order valence-electron chi connectivity index (χ4n) is 2.14. The summed E-state index contributed by atoms with van der Waals surface area (Å²) in [7, 11) is 0. The zero-order valence-corrected chi connectivity index (χ0v) is 11.6. The van der Waals surface area contributed by atoms with Crippen LogP contribution in [0.15, 0.2) is 24.3 Å². The third-order valence-corrected chi connectivity index (χ3v) is 3.15. The predicted octanol–water partition coefficient (Wildman–Crippen LogP) is 1.75. The minimum atomic E-state index is -0.327. The van der Waals surface area contributed by atoms with Crippen LogP contribution in [-0.4, -0.2) is 36.5 Å². The van der Waals surface area contributed by atoms with E-state index in [1.54, 1.807) is 11.8 Å². The van der Waals surface area contributed by atoms with Crippen LogP contribution in [0.2, 0.25) is 0 Å². The zero-order valence-electron chi connectivity index (χ0n) is 11.6. The lowest BCUT2D eigenvalue weighted by Crippen LogP contribution is -2.32. The lowest BCUT2D eigenvalue weighted by atomic mass is 10.2. The molecule has 0 atom stereocenters. The zero-order chi connectivity index (χ0) is 14.4. The molecule has 0 radical (unpaired) electrons. The van der Waals surface area contributed by atoms with Crippen LogP contribution in [0.3, 0.4) is 0 Å². The number of carbonyl (C=O) groups is 2. The van der Waals surface area contributed by atoms with Gasteiger partial charge in [0.2, 0.25) is 5.91 Å². The molecule has 0 aliphatic carbocycles. The molecular formula is C15H19NO4. The van der Waals surface area contributed by atoms with Crippen LogP contribution in [0.4, 0.5) is 0 Å². The molecule has 0 aromatic heterocycles. The summed E-state index contributed by atoms with van der Waals surface area (Å²) in [5, 5.41) is 0. The summed E-state index contributed by atoms with van der Waals surface area (Å²) < 4.78 is 10.4. The molecule has 0 unspecified atom stereocenters. The third kappa shape index (κ3) is 3.73. The van der Waals surface area contributed by atoms with Crippen molar-refractivity contribution in [2.24, 2.45) is 0 Å². The number of amides is 1. The number of benzene rings is 1. The van der Waals surface area contributed by atoms with Crippen LogP contribution in [0.25, 0.3) is 0 Å². The van der Waals surface area contributed by atoms with Crippen molar-refractivity contribution in [2.75, 3.05) is 19.8 Å². The Morgan fingerprint density at radius 2 is 2.10 bits per heavy atom. The SMILES string of the molecule is CCOC(=O)CCC(=O)N1CCOc2ccccc2C1. The Morgan fingerprint density at radius 3 is 2.90 bits per heavy atom. The first kappa shape index (κ1) is 14.4. The second-order valence-corrected chi connectivity index (χ2v) is 4.58. The number of hydrogen-bond donors (Lipinski definition) is 0. The summed E-state index contributed by atoms with van der Waals surface area (Å²) >= 11 is 0. The molecule has 20 heavy (non-hydrogen) atoms. The monoisotopic (exact) mass is 277 g/mol. The van der Waals surface area contributed by atoms with Gasteiger partial charge in [0.15, 0.2) is 0 Å². The van der Waals surface area contributed by atoms with Crippen molar-refractivity contribution in [1.29, 1.82) is 0 Å². The van der Waals surface area contributed by atoms with E-state index in [9.17, 15) is 9.59 Å². The fraction of sp³-hybridized carbons (Fsp3) is 0.467. The normalized spacial score (nSPS) is 13.9. The van der Waals surface area contributed by atoms with E-state index in [-0.39, 0.29) is 24.7 Å². The van der Waals surface area contributed by atoms with Crippen molar-refractivity contribution in [3.8, 4) is 5.75 Å². The Morgan fingerprint density at radius 1 is 1.30 bits per heavy atom. The molecule has 1 aromatic rings. The Balaban J connectivity index is 1.92. The smallest absolute Gasteiger partial charge is 0.306 e. The minimum Gasteiger partial charge on any atom is -0.491 e. The Labute approximate surface area is 118 Å². The largest absolute Gasteiger partial charge is 0.491 e. The minimum absolute atomic E-state index is 0.0432. The van der Waals surface area contributed by atoms with Gasteiger partial charge in [0.25, 0.3) is 0 Å². The lowest BCUT2D eigenvalue weighted by molar-refractivity contribution is -0.145. The van der Waals surface area contributed by atoms with Crippen molar-refractivity contribution >= 4 is 11.9 Å². The predicted molar refractivity (Wildman–Crippen MR) is 73.2 cm³/mol. The topological polar surface area (TPSA) is 55.8 Å². The molecule has 0 bridgehead atoms. The van der Waals surface area contributed by atoms with E-state index in [1.807, 2.05) is 24.3 Å². The summed E-state index contributed by atoms with van der Waals surface area (Å²) in [4.78, 5) is 25.1. The van der Waals surface area contributed by atoms with Crippen molar-refractivity contribution in [3.05, 3.63) is 29.8 Å². The molecule has 5 nitrogen and oxygen atoms in total. The molecule has 2 rings (SSSR count). The van der Waals surface area contributed by atoms with Gasteiger partial charge >= 0.3 is 5.97 Å². The van der Waals surface area contributed by atoms with Crippen LogP contribution >= 0.6 is 0 Å². The van der Waals surface area contributed by atoms with E-state index in [2.05, 4.69) is 0 Å². The number of nitrogens with zero attached hydrogens (tertiary/aromatic N) is 1. The van der Waals surface area contributed by atoms with Gasteiger partial charge in [0, 0.05) is 18.5 Å². The van der Waals surface area contributed by atoms with Gasteiger partial charge in [-0.2, -0.15) is 0 Å². The average molecular weight is 277 g/mol. The molecule has 0 spiro atoms. The first-order chi connectivity index (χ1) is 9.70. The molecule has 1 aliphatic rings. The second kappa shape index (κ2) is 6.93. The Hall–Kier alpha value is -2.04. The maximum Gasteiger partial charge on any atom is 0.306 e. The van der Waals surface area contributed by atoms with E-state index >= 15 is 0 Å². The maximum atomic E-state index is 12.1. The summed E-state index contributed by atoms with van der Waals surface area (Å²) in [5.74, 6) is 0.457. The Bertz CT molecular complexity index is 487. The van der Waals surface area contributed by atoms with Crippen LogP contribution in [-0.2, 0) is 20.9 Å². The number of para-hydroxylation sites is 1. The third-order valence-electron chi connectivity index (χ3n) is 3.15. The van der Waals surface area contributed by atoms with E-state index in [0.717, 1.165) is 11.3 Å². The second-order valence-electron chi connectivity index (χ2n) is 4.58. The Kier molecular flexibility index (Phi) is 4.98. The van der Waals surface area contributed by atoms with Crippen molar-refractivity contribution in [2.45, 2.75) is 26.3 Å². The van der Waals surface area contributed by atoms with Gasteiger partial charge in [-0.1, -0.05) is 18.2 Å². The van der Waals surface area contributed by atoms with E-state index in [0.29, 0.717) is 26.3 Å². The number of rotatable bonds is 4. The van der Waals surface area contributed by atoms with Gasteiger partial charge in [0.05, 0.1) is 19.6 Å². The maximum absolute atomic E-state index is 12.1. The van der Waals surface area contributed by atoms with Crippen LogP contribution < -0.4 is 4.74 Å². The number of hydrogen-bond acceptors (Lipinski definition) is 4. The van der Waals surface area contributed by atoms with Crippen LogP contribution in [0.1, 0.15) is 25.3 Å². The molecule has 0 saturated carbocycles. The van der Waals surface area contributed by atoms with Crippen LogP contribution in [0, 0.1) is 0 Å². The molecule has 0 N–H and O–H groups in total. The van der Waals surface area contributed by atoms with Crippen molar-refractivity contribution in [3.63, 3.8) is 0 Å². The summed E-state index contributed by atoms with van der Waals surface area (Å²) in [5.41, 5.74) is 0.995. The van der Waals surface area contributed by atoms with Crippen molar-refractivity contribution < 1.29 is 19.1 Å². The van der Waals surface area contributed by atoms with Gasteiger partial charge in [-0.05, 0) is 13.0 Å². The summed E-state index contributed by atoms with van der Waals surface area (Å²) in [6.45, 7) is 3.64. The van der Waals surface area contributed by atoms with Gasteiger partial charge in [-0.3, -0.25) is 9.59 Å². The quantitative estimate of drug-likeness (QED) is 0.787. The molecule has 1 aromatic carbocycles. The highest BCUT2D eigenvalue weighted by Gasteiger charge is 2.20. The van der Waals surface area contributed by atoms with Crippen LogP contribution in [0.5, 0.6) is 5.75 Å². The van der Waals surface area contributed by atoms with Gasteiger partial charge in [-0.15, -0.1) is 0 Å². The molecule has 108 valence electrons. The van der Waals surface area contributed by atoms with E-state index < -0.39 is 0 Å². The highest BCUT2D eigenvalue weighted by molar-refractivity contribution is 5.81. The number of ether oxygens (including phenoxy) is 2. The average Bonchev–Trinajstić information content (AvgIpc) is 2.67. The first-order valence-corrected chi connectivity index (χ1v) is 6.85. The fourth-order valence-corrected chi connectivity index (χ4v) is 2.14. The molecule has 1 amide bonds. The first-order valence-electron chi connectivity index (χ1n) is 6.85. The lowest BCUT2D eigenvalue weighted by Gasteiger charge is -2.19. The molecule has 0 saturated heterocycles. The highest BCUT2D eigenvalue weighted by Crippen LogP contribution is 2.22. The van der Waals surface area contributed by atoms with Gasteiger partial charge < -0.3 is 14.4 Å². The molecule has 5 heteroatoms. The standard InChI is InChI=1S/C15H19NO4/c1-2-19-15(18)8-7-14(17)16-9-10-20-13-6-4-3-5-12(13)11-16/h3-6H,2,7-11H2,1H3. The number of esters is 1. The molecule has 1 aliphatic heterocycles. The highest BCUT2D eigenvalue weighted by atomic mass is 16.5. The summed E-state index contributed by atoms with van der Waals surface area (Å²) in [6.07, 6.45) is 0.312. The number of carbonyl (C=O) groups excluding carboxylic acids is 2. The molecule has 1 heterocycles. The molecular weight excluding hydrogens is 258 g/mol. The van der Waals surface area contributed by atoms with Gasteiger partial charge in [0.1, 0.15) is 12.4 Å². The van der Waals surface area contributed by atoms with E-state index in [1.165, 1.54) is 0 Å². The number of fused-ring (bicyclic) bond motifs is 1.